The van der Waals surface area contributed by atoms with Crippen molar-refractivity contribution in [2.75, 3.05) is 0 Å². The minimum absolute atomic E-state index is 0.0348. The Bertz CT molecular complexity index is 1440. The second kappa shape index (κ2) is 7.81. The Kier molecular flexibility index (Phi) is 5.05. The van der Waals surface area contributed by atoms with E-state index in [1.165, 1.54) is 30.6 Å². The lowest BCUT2D eigenvalue weighted by atomic mass is 9.95. The molecule has 7 nitrogen and oxygen atoms in total. The highest BCUT2D eigenvalue weighted by atomic mass is 32.2. The van der Waals surface area contributed by atoms with Gasteiger partial charge in [-0.1, -0.05) is 6.07 Å². The first kappa shape index (κ1) is 21.3. The normalized spacial score (nSPS) is 19.6. The van der Waals surface area contributed by atoms with Crippen LogP contribution in [0.25, 0.3) is 16.8 Å². The summed E-state index contributed by atoms with van der Waals surface area (Å²) in [6, 6.07) is 10.6. The van der Waals surface area contributed by atoms with Crippen molar-refractivity contribution in [3.05, 3.63) is 59.0 Å². The lowest BCUT2D eigenvalue weighted by molar-refractivity contribution is 0.587. The number of aliphatic imine (C=N–C) groups is 2. The third-order valence-corrected chi connectivity index (χ3v) is 8.22. The number of benzene rings is 2. The van der Waals surface area contributed by atoms with Crippen LogP contribution in [-0.2, 0) is 9.84 Å². The van der Waals surface area contributed by atoms with Gasteiger partial charge in [0.15, 0.2) is 9.84 Å². The molecule has 0 bridgehead atoms. The number of hydrogen-bond acceptors (Lipinski definition) is 7. The summed E-state index contributed by atoms with van der Waals surface area (Å²) in [5, 5.41) is 17.9. The van der Waals surface area contributed by atoms with Gasteiger partial charge in [-0.25, -0.2) is 22.8 Å². The number of rotatable bonds is 5. The van der Waals surface area contributed by atoms with Gasteiger partial charge in [-0.3, -0.25) is 0 Å². The van der Waals surface area contributed by atoms with Gasteiger partial charge in [-0.15, -0.1) is 0 Å². The average Bonchev–Trinajstić information content (AvgIpc) is 3.53. The number of hydrogen-bond donors (Lipinski definition) is 0. The summed E-state index contributed by atoms with van der Waals surface area (Å²) in [6.07, 6.45) is 3.67. The maximum Gasteiger partial charge on any atom is 0.180 e. The highest BCUT2D eigenvalue weighted by Crippen LogP contribution is 2.42. The lowest BCUT2D eigenvalue weighted by Crippen LogP contribution is -2.23. The predicted octanol–water partition coefficient (Wildman–Crippen LogP) is 4.94. The molecule has 33 heavy (non-hydrogen) atoms. The standard InChI is InChI=1S/C24H20FN5O2S/c1-13(2)33(31,32)17-6-7-18(16(9-17)11-26)19-10-15(5-8-20(19)25)22-24-23(27-12-28-24)21(29-30-22)14-3-4-14/h5-10,12-14,21H,3-4H2,1-2H3. The molecule has 166 valence electrons. The van der Waals surface area contributed by atoms with Crippen molar-refractivity contribution in [3.8, 4) is 17.2 Å². The van der Waals surface area contributed by atoms with Crippen molar-refractivity contribution < 1.29 is 12.8 Å². The minimum Gasteiger partial charge on any atom is -0.237 e. The van der Waals surface area contributed by atoms with Crippen LogP contribution in [-0.4, -0.2) is 31.8 Å². The van der Waals surface area contributed by atoms with Gasteiger partial charge in [-0.05, 0) is 62.9 Å². The predicted molar refractivity (Wildman–Crippen MR) is 123 cm³/mol. The lowest BCUT2D eigenvalue weighted by Gasteiger charge is -2.18. The summed E-state index contributed by atoms with van der Waals surface area (Å²) < 4.78 is 39.9. The Morgan fingerprint density at radius 1 is 1.09 bits per heavy atom. The Balaban J connectivity index is 1.59. The maximum atomic E-state index is 14.9. The van der Waals surface area contributed by atoms with Crippen molar-refractivity contribution in [3.63, 3.8) is 0 Å². The minimum atomic E-state index is -3.57. The fourth-order valence-electron chi connectivity index (χ4n) is 4.00. The monoisotopic (exact) mass is 461 g/mol. The summed E-state index contributed by atoms with van der Waals surface area (Å²) >= 11 is 0. The van der Waals surface area contributed by atoms with E-state index >= 15 is 0 Å². The number of sulfone groups is 1. The van der Waals surface area contributed by atoms with Crippen molar-refractivity contribution in [1.29, 1.82) is 5.26 Å². The van der Waals surface area contributed by atoms with Gasteiger partial charge in [0, 0.05) is 16.7 Å². The smallest absolute Gasteiger partial charge is 0.180 e. The van der Waals surface area contributed by atoms with Crippen LogP contribution < -0.4 is 0 Å². The molecule has 0 radical (unpaired) electrons. The molecule has 1 aliphatic carbocycles. The van der Waals surface area contributed by atoms with Gasteiger partial charge in [-0.2, -0.15) is 15.5 Å². The fraction of sp³-hybridized carbons (Fsp3) is 0.292. The van der Waals surface area contributed by atoms with Crippen molar-refractivity contribution in [2.24, 2.45) is 26.1 Å². The van der Waals surface area contributed by atoms with Gasteiger partial charge < -0.3 is 0 Å². The molecule has 1 atom stereocenters. The van der Waals surface area contributed by atoms with Crippen LogP contribution >= 0.6 is 0 Å². The van der Waals surface area contributed by atoms with Crippen LogP contribution in [0.5, 0.6) is 0 Å². The van der Waals surface area contributed by atoms with E-state index in [1.807, 2.05) is 6.07 Å². The zero-order chi connectivity index (χ0) is 23.3. The van der Waals surface area contributed by atoms with E-state index in [9.17, 15) is 18.1 Å². The van der Waals surface area contributed by atoms with Gasteiger partial charge >= 0.3 is 0 Å². The fourth-order valence-corrected chi connectivity index (χ4v) is 5.08. The zero-order valence-electron chi connectivity index (χ0n) is 18.0. The summed E-state index contributed by atoms with van der Waals surface area (Å²) in [5.41, 5.74) is 3.06. The van der Waals surface area contributed by atoms with E-state index in [1.54, 1.807) is 26.0 Å². The molecule has 2 aliphatic heterocycles. The highest BCUT2D eigenvalue weighted by molar-refractivity contribution is 7.92. The molecule has 3 aliphatic rings. The third-order valence-electron chi connectivity index (χ3n) is 6.07. The van der Waals surface area contributed by atoms with Crippen LogP contribution in [0.3, 0.4) is 0 Å². The van der Waals surface area contributed by atoms with E-state index in [-0.39, 0.29) is 22.1 Å². The Morgan fingerprint density at radius 3 is 2.58 bits per heavy atom. The molecule has 1 fully saturated rings. The van der Waals surface area contributed by atoms with Crippen LogP contribution in [0, 0.1) is 23.1 Å². The molecule has 0 saturated heterocycles. The second-order valence-corrected chi connectivity index (χ2v) is 11.1. The quantitative estimate of drug-likeness (QED) is 0.629. The first-order valence-corrected chi connectivity index (χ1v) is 12.2. The maximum absolute atomic E-state index is 14.9. The van der Waals surface area contributed by atoms with Crippen molar-refractivity contribution in [1.82, 2.24) is 0 Å². The summed E-state index contributed by atoms with van der Waals surface area (Å²) in [6.45, 7) is 3.14. The molecule has 9 heteroatoms. The van der Waals surface area contributed by atoms with Crippen LogP contribution in [0.1, 0.15) is 37.8 Å². The number of fused-ring (bicyclic) bond motifs is 1. The zero-order valence-corrected chi connectivity index (χ0v) is 18.8. The second-order valence-electron chi connectivity index (χ2n) is 8.56. The summed E-state index contributed by atoms with van der Waals surface area (Å²) in [4.78, 5) is 8.80. The topological polar surface area (TPSA) is 107 Å². The molecule has 1 saturated carbocycles. The summed E-state index contributed by atoms with van der Waals surface area (Å²) in [5.74, 6) is -0.0962. The molecule has 0 amide bonds. The van der Waals surface area contributed by atoms with Crippen LogP contribution in [0.4, 0.5) is 4.39 Å². The van der Waals surface area contributed by atoms with Crippen molar-refractivity contribution >= 4 is 27.6 Å². The molecule has 2 aromatic carbocycles. The number of halogens is 1. The molecular weight excluding hydrogens is 441 g/mol. The SMILES string of the molecule is CC(C)S(=O)(=O)c1ccc(-c2cc(C3=C4N=CN=C4C(C4CC4)N=N3)ccc2F)c(C#N)c1. The molecule has 0 aromatic heterocycles. The molecule has 1 unspecified atom stereocenters. The van der Waals surface area contributed by atoms with Gasteiger partial charge in [0.25, 0.3) is 0 Å². The molecule has 0 N–H and O–H groups in total. The van der Waals surface area contributed by atoms with Crippen molar-refractivity contribution in [2.45, 2.75) is 42.9 Å². The third kappa shape index (κ3) is 3.60. The first-order valence-electron chi connectivity index (χ1n) is 10.7. The van der Waals surface area contributed by atoms with Gasteiger partial charge in [0.05, 0.1) is 27.5 Å². The van der Waals surface area contributed by atoms with Gasteiger partial charge in [0.1, 0.15) is 29.6 Å². The molecule has 0 spiro atoms. The number of azo groups is 1. The van der Waals surface area contributed by atoms with E-state index in [4.69, 9.17) is 0 Å². The molecule has 2 heterocycles. The van der Waals surface area contributed by atoms with E-state index < -0.39 is 20.9 Å². The van der Waals surface area contributed by atoms with Crippen LogP contribution in [0.2, 0.25) is 0 Å². The molecular formula is C24H20FN5O2S. The highest BCUT2D eigenvalue weighted by Gasteiger charge is 2.40. The Morgan fingerprint density at radius 2 is 1.88 bits per heavy atom. The van der Waals surface area contributed by atoms with E-state index in [2.05, 4.69) is 20.2 Å². The summed E-state index contributed by atoms with van der Waals surface area (Å²) in [7, 11) is -3.57. The molecule has 2 aromatic rings. The molecule has 5 rings (SSSR count). The van der Waals surface area contributed by atoms with E-state index in [0.29, 0.717) is 28.4 Å². The van der Waals surface area contributed by atoms with Gasteiger partial charge in [0.2, 0.25) is 0 Å². The first-order chi connectivity index (χ1) is 15.8. The average molecular weight is 462 g/mol. The van der Waals surface area contributed by atoms with Crippen LogP contribution in [0.15, 0.2) is 67.2 Å². The number of nitrogens with zero attached hydrogens (tertiary/aromatic N) is 5. The largest absolute Gasteiger partial charge is 0.237 e. The Labute approximate surface area is 191 Å². The number of nitriles is 1. The Hall–Kier alpha value is -3.51. The van der Waals surface area contributed by atoms with E-state index in [0.717, 1.165) is 18.6 Å².